The largest absolute Gasteiger partial charge is 0.471 e. The van der Waals surface area contributed by atoms with E-state index in [4.69, 9.17) is 5.73 Å². The van der Waals surface area contributed by atoms with Crippen LogP contribution >= 0.6 is 0 Å². The van der Waals surface area contributed by atoms with Gasteiger partial charge in [0.2, 0.25) is 5.91 Å². The Balaban J connectivity index is 2.88. The number of carbonyl (C=O) groups excluding carboxylic acids is 2. The lowest BCUT2D eigenvalue weighted by atomic mass is 10.1. The maximum absolute atomic E-state index is 12.5. The van der Waals surface area contributed by atoms with Crippen LogP contribution in [0.3, 0.4) is 0 Å². The van der Waals surface area contributed by atoms with Crippen LogP contribution in [0.2, 0.25) is 0 Å². The van der Waals surface area contributed by atoms with Gasteiger partial charge in [-0.15, -0.1) is 0 Å². The van der Waals surface area contributed by atoms with E-state index in [0.29, 0.717) is 16.2 Å². The maximum Gasteiger partial charge on any atom is 0.471 e. The normalized spacial score (nSPS) is 12.0. The molecular formula is C15H20F3N3O2. The molecule has 0 unspecified atom stereocenters. The van der Waals surface area contributed by atoms with Gasteiger partial charge in [-0.3, -0.25) is 9.59 Å². The van der Waals surface area contributed by atoms with Gasteiger partial charge >= 0.3 is 12.1 Å². The maximum atomic E-state index is 12.5. The number of amides is 2. The standard InChI is InChI=1S/C15H20F3N3O2/c1-4-21(13(23)15(16,17)18)9-10-6-5-7-11(8-10)20-12(22)14(2,3)19/h5-8H,4,9,19H2,1-3H3,(H,20,22). The minimum atomic E-state index is -4.91. The molecule has 0 aliphatic carbocycles. The fourth-order valence-corrected chi connectivity index (χ4v) is 1.77. The molecule has 1 rings (SSSR count). The Morgan fingerprint density at radius 3 is 2.35 bits per heavy atom. The van der Waals surface area contributed by atoms with Crippen molar-refractivity contribution in [1.82, 2.24) is 4.90 Å². The van der Waals surface area contributed by atoms with Crippen LogP contribution in [-0.4, -0.2) is 35.0 Å². The summed E-state index contributed by atoms with van der Waals surface area (Å²) < 4.78 is 37.5. The monoisotopic (exact) mass is 331 g/mol. The van der Waals surface area contributed by atoms with Crippen LogP contribution in [0.4, 0.5) is 18.9 Å². The quantitative estimate of drug-likeness (QED) is 0.869. The molecule has 0 fully saturated rings. The molecule has 0 radical (unpaired) electrons. The van der Waals surface area contributed by atoms with Gasteiger partial charge < -0.3 is 16.0 Å². The second-order valence-electron chi connectivity index (χ2n) is 5.69. The van der Waals surface area contributed by atoms with E-state index in [0.717, 1.165) is 0 Å². The van der Waals surface area contributed by atoms with E-state index in [1.807, 2.05) is 0 Å². The number of hydrogen-bond acceptors (Lipinski definition) is 3. The lowest BCUT2D eigenvalue weighted by Gasteiger charge is -2.22. The average Bonchev–Trinajstić information content (AvgIpc) is 2.42. The number of nitrogens with two attached hydrogens (primary N) is 1. The highest BCUT2D eigenvalue weighted by Crippen LogP contribution is 2.21. The highest BCUT2D eigenvalue weighted by Gasteiger charge is 2.41. The van der Waals surface area contributed by atoms with Gasteiger partial charge in [-0.05, 0) is 38.5 Å². The number of nitrogens with zero attached hydrogens (tertiary/aromatic N) is 1. The number of hydrogen-bond donors (Lipinski definition) is 2. The van der Waals surface area contributed by atoms with Crippen molar-refractivity contribution in [2.24, 2.45) is 5.73 Å². The average molecular weight is 331 g/mol. The van der Waals surface area contributed by atoms with E-state index in [9.17, 15) is 22.8 Å². The molecule has 2 amide bonds. The van der Waals surface area contributed by atoms with E-state index in [1.54, 1.807) is 18.2 Å². The van der Waals surface area contributed by atoms with E-state index in [1.165, 1.54) is 26.8 Å². The molecular weight excluding hydrogens is 311 g/mol. The predicted molar refractivity (Wildman–Crippen MR) is 80.5 cm³/mol. The fourth-order valence-electron chi connectivity index (χ4n) is 1.77. The zero-order chi connectivity index (χ0) is 17.8. The van der Waals surface area contributed by atoms with Crippen LogP contribution in [0.25, 0.3) is 0 Å². The minimum Gasteiger partial charge on any atom is -0.331 e. The smallest absolute Gasteiger partial charge is 0.331 e. The van der Waals surface area contributed by atoms with E-state index < -0.39 is 23.5 Å². The summed E-state index contributed by atoms with van der Waals surface area (Å²) in [6.07, 6.45) is -4.91. The summed E-state index contributed by atoms with van der Waals surface area (Å²) in [7, 11) is 0. The van der Waals surface area contributed by atoms with Crippen molar-refractivity contribution in [1.29, 1.82) is 0 Å². The van der Waals surface area contributed by atoms with Gasteiger partial charge in [-0.1, -0.05) is 12.1 Å². The Morgan fingerprint density at radius 1 is 1.26 bits per heavy atom. The first kappa shape index (κ1) is 19.0. The second-order valence-corrected chi connectivity index (χ2v) is 5.69. The Labute approximate surface area is 132 Å². The topological polar surface area (TPSA) is 75.4 Å². The lowest BCUT2D eigenvalue weighted by molar-refractivity contribution is -0.185. The second kappa shape index (κ2) is 6.99. The highest BCUT2D eigenvalue weighted by molar-refractivity contribution is 5.97. The van der Waals surface area contributed by atoms with Crippen LogP contribution < -0.4 is 11.1 Å². The van der Waals surface area contributed by atoms with Gasteiger partial charge in [-0.25, -0.2) is 0 Å². The summed E-state index contributed by atoms with van der Waals surface area (Å²) in [5, 5.41) is 2.58. The molecule has 0 aromatic heterocycles. The Bertz CT molecular complexity index is 580. The number of halogens is 3. The number of rotatable bonds is 5. The zero-order valence-electron chi connectivity index (χ0n) is 13.2. The molecule has 0 bridgehead atoms. The number of anilines is 1. The fraction of sp³-hybridized carbons (Fsp3) is 0.467. The molecule has 0 saturated heterocycles. The molecule has 1 aromatic carbocycles. The van der Waals surface area contributed by atoms with Crippen molar-refractivity contribution >= 4 is 17.5 Å². The molecule has 1 aromatic rings. The van der Waals surface area contributed by atoms with Crippen molar-refractivity contribution in [2.75, 3.05) is 11.9 Å². The number of carbonyl (C=O) groups is 2. The van der Waals surface area contributed by atoms with E-state index in [2.05, 4.69) is 5.32 Å². The third-order valence-electron chi connectivity index (χ3n) is 3.05. The first-order valence-corrected chi connectivity index (χ1v) is 7.00. The van der Waals surface area contributed by atoms with Gasteiger partial charge in [-0.2, -0.15) is 13.2 Å². The van der Waals surface area contributed by atoms with E-state index in [-0.39, 0.29) is 13.1 Å². The molecule has 128 valence electrons. The molecule has 23 heavy (non-hydrogen) atoms. The van der Waals surface area contributed by atoms with Crippen LogP contribution in [0.1, 0.15) is 26.3 Å². The molecule has 0 aliphatic rings. The van der Waals surface area contributed by atoms with Crippen LogP contribution in [0, 0.1) is 0 Å². The third-order valence-corrected chi connectivity index (χ3v) is 3.05. The minimum absolute atomic E-state index is 0.0786. The van der Waals surface area contributed by atoms with Crippen molar-refractivity contribution < 1.29 is 22.8 Å². The van der Waals surface area contributed by atoms with Gasteiger partial charge in [0.25, 0.3) is 0 Å². The number of alkyl halides is 3. The van der Waals surface area contributed by atoms with Crippen molar-refractivity contribution in [2.45, 2.75) is 39.0 Å². The van der Waals surface area contributed by atoms with E-state index >= 15 is 0 Å². The SMILES string of the molecule is CCN(Cc1cccc(NC(=O)C(C)(C)N)c1)C(=O)C(F)(F)F. The van der Waals surface area contributed by atoms with Crippen LogP contribution in [0.5, 0.6) is 0 Å². The molecule has 3 N–H and O–H groups in total. The summed E-state index contributed by atoms with van der Waals surface area (Å²) in [6, 6.07) is 6.26. The molecule has 5 nitrogen and oxygen atoms in total. The van der Waals surface area contributed by atoms with Crippen LogP contribution in [0.15, 0.2) is 24.3 Å². The summed E-state index contributed by atoms with van der Waals surface area (Å²) in [6.45, 7) is 4.25. The van der Waals surface area contributed by atoms with Crippen molar-refractivity contribution in [3.05, 3.63) is 29.8 Å². The summed E-state index contributed by atoms with van der Waals surface area (Å²) in [4.78, 5) is 23.8. The molecule has 0 aliphatic heterocycles. The summed E-state index contributed by atoms with van der Waals surface area (Å²) >= 11 is 0. The molecule has 0 heterocycles. The number of benzene rings is 1. The summed E-state index contributed by atoms with van der Waals surface area (Å²) in [5.41, 5.74) is 5.45. The zero-order valence-corrected chi connectivity index (χ0v) is 13.2. The van der Waals surface area contributed by atoms with Gasteiger partial charge in [0.1, 0.15) is 0 Å². The lowest BCUT2D eigenvalue weighted by Crippen LogP contribution is -2.45. The molecule has 0 spiro atoms. The first-order chi connectivity index (χ1) is 10.4. The predicted octanol–water partition coefficient (Wildman–Crippen LogP) is 2.27. The number of nitrogens with one attached hydrogen (secondary N) is 1. The Kier molecular flexibility index (Phi) is 5.76. The molecule has 0 saturated carbocycles. The van der Waals surface area contributed by atoms with Crippen molar-refractivity contribution in [3.8, 4) is 0 Å². The Morgan fingerprint density at radius 2 is 1.87 bits per heavy atom. The third kappa shape index (κ3) is 5.55. The van der Waals surface area contributed by atoms with Crippen molar-refractivity contribution in [3.63, 3.8) is 0 Å². The highest BCUT2D eigenvalue weighted by atomic mass is 19.4. The summed E-state index contributed by atoms with van der Waals surface area (Å²) in [5.74, 6) is -2.31. The van der Waals surface area contributed by atoms with Gasteiger partial charge in [0.05, 0.1) is 5.54 Å². The first-order valence-electron chi connectivity index (χ1n) is 7.00. The Hall–Kier alpha value is -2.09. The van der Waals surface area contributed by atoms with Gasteiger partial charge in [0, 0.05) is 18.8 Å². The van der Waals surface area contributed by atoms with Gasteiger partial charge in [0.15, 0.2) is 0 Å². The van der Waals surface area contributed by atoms with Crippen LogP contribution in [-0.2, 0) is 16.1 Å². The molecule has 0 atom stereocenters. The molecule has 8 heteroatoms.